The van der Waals surface area contributed by atoms with Crippen LogP contribution < -0.4 is 0 Å². The molecule has 0 bridgehead atoms. The van der Waals surface area contributed by atoms with E-state index in [4.69, 9.17) is 4.74 Å². The molecule has 0 amide bonds. The molecule has 0 radical (unpaired) electrons. The number of esters is 1. The van der Waals surface area contributed by atoms with Crippen LogP contribution in [0.15, 0.2) is 12.2 Å². The molecule has 0 aromatic rings. The number of ether oxygens (including phenoxy) is 1. The smallest absolute Gasteiger partial charge is 0.330 e. The van der Waals surface area contributed by atoms with Crippen LogP contribution in [0.4, 0.5) is 0 Å². The molecule has 17 heavy (non-hydrogen) atoms. The Morgan fingerprint density at radius 3 is 2.47 bits per heavy atom. The lowest BCUT2D eigenvalue weighted by atomic mass is 9.98. The first kappa shape index (κ1) is 14.4. The average molecular weight is 259 g/mol. The third-order valence-corrected chi connectivity index (χ3v) is 3.81. The minimum absolute atomic E-state index is 0.0727. The van der Waals surface area contributed by atoms with E-state index in [1.54, 1.807) is 6.26 Å². The first-order valence-electron chi connectivity index (χ1n) is 5.96. The minimum Gasteiger partial charge on any atom is -0.460 e. The fourth-order valence-corrected chi connectivity index (χ4v) is 2.54. The molecular weight excluding hydrogens is 238 g/mol. The zero-order valence-electron chi connectivity index (χ0n) is 10.7. The van der Waals surface area contributed by atoms with E-state index in [9.17, 15) is 9.00 Å². The molecule has 0 N–H and O–H groups in total. The van der Waals surface area contributed by atoms with Crippen molar-refractivity contribution < 1.29 is 13.7 Å². The molecule has 1 aliphatic heterocycles. The summed E-state index contributed by atoms with van der Waals surface area (Å²) in [6.45, 7) is 5.33. The molecule has 1 atom stereocenters. The normalized spacial score (nSPS) is 20.9. The topological polar surface area (TPSA) is 46.6 Å². The molecule has 4 nitrogen and oxygen atoms in total. The van der Waals surface area contributed by atoms with Crippen molar-refractivity contribution in [3.8, 4) is 0 Å². The van der Waals surface area contributed by atoms with Crippen LogP contribution in [-0.2, 0) is 20.5 Å². The van der Waals surface area contributed by atoms with Gasteiger partial charge in [-0.1, -0.05) is 6.08 Å². The highest BCUT2D eigenvalue weighted by molar-refractivity contribution is 7.81. The molecule has 0 aromatic heterocycles. The van der Waals surface area contributed by atoms with Gasteiger partial charge in [0.25, 0.3) is 0 Å². The monoisotopic (exact) mass is 259 g/mol. The Kier molecular flexibility index (Phi) is 5.85. The fraction of sp³-hybridized carbons (Fsp3) is 0.750. The van der Waals surface area contributed by atoms with E-state index in [1.807, 2.05) is 24.2 Å². The molecule has 0 saturated carbocycles. The van der Waals surface area contributed by atoms with E-state index in [0.717, 1.165) is 25.9 Å². The van der Waals surface area contributed by atoms with Gasteiger partial charge in [-0.25, -0.2) is 13.3 Å². The molecule has 0 aromatic carbocycles. The first-order valence-corrected chi connectivity index (χ1v) is 7.48. The van der Waals surface area contributed by atoms with Gasteiger partial charge in [-0.05, 0) is 32.6 Å². The van der Waals surface area contributed by atoms with Crippen molar-refractivity contribution in [1.82, 2.24) is 4.31 Å². The van der Waals surface area contributed by atoms with Crippen molar-refractivity contribution in [2.24, 2.45) is 5.92 Å². The van der Waals surface area contributed by atoms with Gasteiger partial charge in [-0.15, -0.1) is 0 Å². The Morgan fingerprint density at radius 1 is 1.41 bits per heavy atom. The number of allylic oxidation sites excluding steroid dienone is 1. The molecule has 98 valence electrons. The van der Waals surface area contributed by atoms with Crippen LogP contribution in [0.3, 0.4) is 0 Å². The molecule has 1 fully saturated rings. The largest absolute Gasteiger partial charge is 0.460 e. The number of rotatable bonds is 4. The second kappa shape index (κ2) is 6.91. The van der Waals surface area contributed by atoms with E-state index in [0.29, 0.717) is 5.92 Å². The number of hydrogen-bond acceptors (Lipinski definition) is 3. The van der Waals surface area contributed by atoms with Gasteiger partial charge in [0.15, 0.2) is 0 Å². The van der Waals surface area contributed by atoms with Crippen LogP contribution in [0, 0.1) is 5.92 Å². The zero-order chi connectivity index (χ0) is 12.8. The van der Waals surface area contributed by atoms with Gasteiger partial charge in [0, 0.05) is 25.4 Å². The number of carbonyl (C=O) groups is 1. The minimum atomic E-state index is -0.870. The average Bonchev–Trinajstić information content (AvgIpc) is 2.26. The van der Waals surface area contributed by atoms with Crippen LogP contribution in [-0.4, -0.2) is 39.9 Å². The zero-order valence-corrected chi connectivity index (χ0v) is 11.5. The highest BCUT2D eigenvalue weighted by Gasteiger charge is 2.19. The molecule has 1 saturated heterocycles. The molecule has 1 heterocycles. The third kappa shape index (κ3) is 5.46. The Morgan fingerprint density at radius 2 is 2.00 bits per heavy atom. The Balaban J connectivity index is 2.32. The van der Waals surface area contributed by atoms with Crippen LogP contribution in [0.25, 0.3) is 0 Å². The lowest BCUT2D eigenvalue weighted by Gasteiger charge is -2.28. The summed E-state index contributed by atoms with van der Waals surface area (Å²) in [7, 11) is -0.870. The second-order valence-electron chi connectivity index (χ2n) is 4.53. The molecule has 0 spiro atoms. The fourth-order valence-electron chi connectivity index (χ4n) is 1.81. The van der Waals surface area contributed by atoms with Crippen molar-refractivity contribution in [1.29, 1.82) is 0 Å². The van der Waals surface area contributed by atoms with Gasteiger partial charge >= 0.3 is 5.97 Å². The summed E-state index contributed by atoms with van der Waals surface area (Å²) in [4.78, 5) is 11.3. The van der Waals surface area contributed by atoms with E-state index in [1.165, 1.54) is 6.08 Å². The van der Waals surface area contributed by atoms with Crippen LogP contribution in [0.1, 0.15) is 26.7 Å². The molecule has 5 heteroatoms. The van der Waals surface area contributed by atoms with E-state index < -0.39 is 11.0 Å². The Bertz CT molecular complexity index is 307. The predicted octanol–water partition coefficient (Wildman–Crippen LogP) is 1.50. The van der Waals surface area contributed by atoms with Crippen molar-refractivity contribution in [2.45, 2.75) is 32.8 Å². The number of piperidine rings is 1. The van der Waals surface area contributed by atoms with Gasteiger partial charge in [-0.3, -0.25) is 0 Å². The van der Waals surface area contributed by atoms with Gasteiger partial charge in [-0.2, -0.15) is 0 Å². The SMILES string of the molecule is CC(C)OC(=O)/C=C/C1CCN(S(C)=O)CC1. The molecule has 1 unspecified atom stereocenters. The summed E-state index contributed by atoms with van der Waals surface area (Å²) in [5.74, 6) is 0.121. The first-order chi connectivity index (χ1) is 7.99. The lowest BCUT2D eigenvalue weighted by Crippen LogP contribution is -2.34. The third-order valence-electron chi connectivity index (χ3n) is 2.72. The maximum absolute atomic E-state index is 11.3. The van der Waals surface area contributed by atoms with Crippen LogP contribution >= 0.6 is 0 Å². The summed E-state index contributed by atoms with van der Waals surface area (Å²) in [6, 6.07) is 0. The summed E-state index contributed by atoms with van der Waals surface area (Å²) in [5.41, 5.74) is 0. The van der Waals surface area contributed by atoms with E-state index in [2.05, 4.69) is 0 Å². The standard InChI is InChI=1S/C12H21NO3S/c1-10(2)16-12(14)5-4-11-6-8-13(9-7-11)17(3)15/h4-5,10-11H,6-9H2,1-3H3/b5-4+. The van der Waals surface area contributed by atoms with Gasteiger partial charge < -0.3 is 4.74 Å². The highest BCUT2D eigenvalue weighted by atomic mass is 32.2. The number of hydrogen-bond donors (Lipinski definition) is 0. The second-order valence-corrected chi connectivity index (χ2v) is 5.90. The molecule has 1 rings (SSSR count). The maximum atomic E-state index is 11.3. The van der Waals surface area contributed by atoms with Crippen LogP contribution in [0.2, 0.25) is 0 Å². The molecule has 0 aliphatic carbocycles. The quantitative estimate of drug-likeness (QED) is 0.568. The molecular formula is C12H21NO3S. The van der Waals surface area contributed by atoms with Gasteiger partial charge in [0.05, 0.1) is 17.1 Å². The van der Waals surface area contributed by atoms with Gasteiger partial charge in [0.1, 0.15) is 0 Å². The summed E-state index contributed by atoms with van der Waals surface area (Å²) < 4.78 is 18.2. The predicted molar refractivity (Wildman–Crippen MR) is 68.7 cm³/mol. The number of nitrogens with zero attached hydrogens (tertiary/aromatic N) is 1. The van der Waals surface area contributed by atoms with E-state index in [-0.39, 0.29) is 12.1 Å². The summed E-state index contributed by atoms with van der Waals surface area (Å²) >= 11 is 0. The van der Waals surface area contributed by atoms with E-state index >= 15 is 0 Å². The van der Waals surface area contributed by atoms with Crippen molar-refractivity contribution in [3.63, 3.8) is 0 Å². The molecule has 1 aliphatic rings. The summed E-state index contributed by atoms with van der Waals surface area (Å²) in [5, 5.41) is 0. The van der Waals surface area contributed by atoms with Crippen molar-refractivity contribution >= 4 is 17.0 Å². The summed E-state index contributed by atoms with van der Waals surface area (Å²) in [6.07, 6.45) is 6.97. The number of carbonyl (C=O) groups excluding carboxylic acids is 1. The lowest BCUT2D eigenvalue weighted by molar-refractivity contribution is -0.141. The Hall–Kier alpha value is -0.680. The Labute approximate surface area is 106 Å². The van der Waals surface area contributed by atoms with Crippen LogP contribution in [0.5, 0.6) is 0 Å². The van der Waals surface area contributed by atoms with Crippen molar-refractivity contribution in [2.75, 3.05) is 19.3 Å². The maximum Gasteiger partial charge on any atom is 0.330 e. The van der Waals surface area contributed by atoms with Crippen molar-refractivity contribution in [3.05, 3.63) is 12.2 Å². The van der Waals surface area contributed by atoms with Gasteiger partial charge in [0.2, 0.25) is 0 Å². The highest BCUT2D eigenvalue weighted by Crippen LogP contribution is 2.19.